The summed E-state index contributed by atoms with van der Waals surface area (Å²) in [7, 11) is 0. The van der Waals surface area contributed by atoms with Crippen molar-refractivity contribution in [2.75, 3.05) is 13.2 Å². The van der Waals surface area contributed by atoms with Gasteiger partial charge in [0.2, 0.25) is 5.91 Å². The molecule has 0 radical (unpaired) electrons. The number of fused-ring (bicyclic) bond motifs is 5. The lowest BCUT2D eigenvalue weighted by molar-refractivity contribution is -0.122. The summed E-state index contributed by atoms with van der Waals surface area (Å²) in [4.78, 5) is 19.2. The van der Waals surface area contributed by atoms with Gasteiger partial charge in [-0.1, -0.05) is 78.4 Å². The third-order valence-electron chi connectivity index (χ3n) is 13.3. The van der Waals surface area contributed by atoms with E-state index < -0.39 is 6.04 Å². The SMILES string of the molecule is CC(C)CCC[C@@H](C)[C@H]1CC[C@H]2[C@@H]3CC=C4C[C@H](OCCCCCCNC(=O)[C@@H](N)Cc5cnc[nH]5)CC[C@]4(C)[C@H]3CC[C@]12C. The van der Waals surface area contributed by atoms with Crippen LogP contribution in [-0.4, -0.2) is 41.2 Å². The monoisotopic (exact) mass is 623 g/mol. The van der Waals surface area contributed by atoms with Crippen molar-refractivity contribution < 1.29 is 9.53 Å². The van der Waals surface area contributed by atoms with Crippen LogP contribution in [0.1, 0.15) is 137 Å². The summed E-state index contributed by atoms with van der Waals surface area (Å²) in [6, 6.07) is -0.534. The lowest BCUT2D eigenvalue weighted by Gasteiger charge is -2.58. The van der Waals surface area contributed by atoms with Gasteiger partial charge in [-0.2, -0.15) is 0 Å². The van der Waals surface area contributed by atoms with Crippen LogP contribution in [-0.2, 0) is 16.0 Å². The molecule has 1 aromatic heterocycles. The number of ether oxygens (including phenoxy) is 1. The van der Waals surface area contributed by atoms with Crippen LogP contribution in [0.4, 0.5) is 0 Å². The maximum atomic E-state index is 12.2. The number of unbranched alkanes of at least 4 members (excludes halogenated alkanes) is 3. The lowest BCUT2D eigenvalue weighted by atomic mass is 9.47. The number of hydrogen-bond acceptors (Lipinski definition) is 4. The molecule has 3 saturated carbocycles. The second kappa shape index (κ2) is 15.5. The zero-order valence-corrected chi connectivity index (χ0v) is 29.4. The van der Waals surface area contributed by atoms with Crippen molar-refractivity contribution in [1.82, 2.24) is 15.3 Å². The minimum absolute atomic E-state index is 0.0858. The molecule has 0 saturated heterocycles. The van der Waals surface area contributed by atoms with E-state index in [1.807, 2.05) is 0 Å². The van der Waals surface area contributed by atoms with Crippen molar-refractivity contribution in [3.63, 3.8) is 0 Å². The first-order valence-electron chi connectivity index (χ1n) is 18.9. The molecule has 1 heterocycles. The Bertz CT molecular complexity index is 1100. The number of nitrogens with zero attached hydrogens (tertiary/aromatic N) is 1. The molecule has 0 bridgehead atoms. The summed E-state index contributed by atoms with van der Waals surface area (Å²) in [5.74, 6) is 5.30. The van der Waals surface area contributed by atoms with E-state index in [-0.39, 0.29) is 5.91 Å². The second-order valence-electron chi connectivity index (χ2n) is 16.6. The zero-order valence-electron chi connectivity index (χ0n) is 29.4. The van der Waals surface area contributed by atoms with Gasteiger partial charge in [-0.3, -0.25) is 4.79 Å². The van der Waals surface area contributed by atoms with Crippen LogP contribution < -0.4 is 11.1 Å². The van der Waals surface area contributed by atoms with Crippen molar-refractivity contribution in [3.05, 3.63) is 29.9 Å². The fraction of sp³-hybridized carbons (Fsp3) is 0.846. The largest absolute Gasteiger partial charge is 0.378 e. The van der Waals surface area contributed by atoms with E-state index in [0.717, 1.165) is 79.9 Å². The van der Waals surface area contributed by atoms with Crippen molar-refractivity contribution >= 4 is 5.91 Å². The van der Waals surface area contributed by atoms with Gasteiger partial charge in [0.05, 0.1) is 18.5 Å². The van der Waals surface area contributed by atoms with E-state index >= 15 is 0 Å². The van der Waals surface area contributed by atoms with Gasteiger partial charge in [-0.25, -0.2) is 4.98 Å². The molecule has 4 aliphatic carbocycles. The molecular weight excluding hydrogens is 556 g/mol. The Morgan fingerprint density at radius 3 is 2.64 bits per heavy atom. The van der Waals surface area contributed by atoms with Gasteiger partial charge >= 0.3 is 0 Å². The van der Waals surface area contributed by atoms with Gasteiger partial charge in [0.15, 0.2) is 0 Å². The average molecular weight is 623 g/mol. The summed E-state index contributed by atoms with van der Waals surface area (Å²) < 4.78 is 6.48. The summed E-state index contributed by atoms with van der Waals surface area (Å²) in [6.07, 6.45) is 26.4. The number of allylic oxidation sites excluding steroid dienone is 1. The van der Waals surface area contributed by atoms with Crippen molar-refractivity contribution in [1.29, 1.82) is 0 Å². The number of amides is 1. The predicted octanol–water partition coefficient (Wildman–Crippen LogP) is 8.38. The molecule has 4 N–H and O–H groups in total. The molecule has 3 fully saturated rings. The highest BCUT2D eigenvalue weighted by Crippen LogP contribution is 2.67. The first-order chi connectivity index (χ1) is 21.6. The van der Waals surface area contributed by atoms with Crippen molar-refractivity contribution in [3.8, 4) is 0 Å². The molecule has 6 heteroatoms. The average Bonchev–Trinajstić information content (AvgIpc) is 3.65. The number of rotatable bonds is 16. The summed E-state index contributed by atoms with van der Waals surface area (Å²) in [6.45, 7) is 14.2. The molecule has 254 valence electrons. The van der Waals surface area contributed by atoms with Crippen LogP contribution >= 0.6 is 0 Å². The predicted molar refractivity (Wildman–Crippen MR) is 185 cm³/mol. The first kappa shape index (κ1) is 34.7. The Hall–Kier alpha value is -1.66. The van der Waals surface area contributed by atoms with Crippen LogP contribution in [0.2, 0.25) is 0 Å². The number of aromatic amines is 1. The standard InChI is InChI=1S/C39H66N4O2/c1-27(2)11-10-12-28(3)33-15-16-34-32-14-13-29-23-31(17-19-38(29,4)35(32)18-20-39(33,34)5)45-22-9-7-6-8-21-42-37(44)36(40)24-30-25-41-26-43-30/h13,25-28,31-36H,6-12,14-24,40H2,1-5H3,(H,41,43)(H,42,44)/t28-,31-,32+,33-,34+,35+,36+,38+,39-/m1/s1. The molecule has 9 atom stereocenters. The lowest BCUT2D eigenvalue weighted by Crippen LogP contribution is -2.51. The molecule has 6 nitrogen and oxygen atoms in total. The topological polar surface area (TPSA) is 93.0 Å². The Kier molecular flexibility index (Phi) is 11.9. The van der Waals surface area contributed by atoms with E-state index in [9.17, 15) is 4.79 Å². The highest BCUT2D eigenvalue weighted by Gasteiger charge is 2.59. The highest BCUT2D eigenvalue weighted by molar-refractivity contribution is 5.81. The Labute approximate surface area is 274 Å². The number of aromatic nitrogens is 2. The van der Waals surface area contributed by atoms with Gasteiger partial charge < -0.3 is 20.8 Å². The van der Waals surface area contributed by atoms with E-state index in [1.165, 1.54) is 64.2 Å². The van der Waals surface area contributed by atoms with Gasteiger partial charge in [0, 0.05) is 31.5 Å². The Morgan fingerprint density at radius 1 is 1.04 bits per heavy atom. The third kappa shape index (κ3) is 8.08. The quantitative estimate of drug-likeness (QED) is 0.128. The molecule has 1 amide bonds. The van der Waals surface area contributed by atoms with Crippen LogP contribution in [0.15, 0.2) is 24.2 Å². The molecule has 0 aliphatic heterocycles. The molecule has 45 heavy (non-hydrogen) atoms. The van der Waals surface area contributed by atoms with Gasteiger partial charge in [0.1, 0.15) is 0 Å². The number of carbonyl (C=O) groups excluding carboxylic acids is 1. The molecular formula is C39H66N4O2. The number of nitrogens with two attached hydrogens (primary N) is 1. The van der Waals surface area contributed by atoms with Crippen LogP contribution in [0.25, 0.3) is 0 Å². The van der Waals surface area contributed by atoms with E-state index in [2.05, 4.69) is 56.0 Å². The highest BCUT2D eigenvalue weighted by atomic mass is 16.5. The van der Waals surface area contributed by atoms with Crippen LogP contribution in [0.3, 0.4) is 0 Å². The molecule has 0 spiro atoms. The molecule has 0 unspecified atom stereocenters. The normalized spacial score (nSPS) is 34.0. The van der Waals surface area contributed by atoms with E-state index in [1.54, 1.807) is 18.1 Å². The van der Waals surface area contributed by atoms with Crippen LogP contribution in [0, 0.1) is 46.3 Å². The first-order valence-corrected chi connectivity index (χ1v) is 18.9. The molecule has 0 aromatic carbocycles. The smallest absolute Gasteiger partial charge is 0.237 e. The van der Waals surface area contributed by atoms with Crippen molar-refractivity contribution in [2.45, 2.75) is 149 Å². The molecule has 4 aliphatic rings. The number of imidazole rings is 1. The third-order valence-corrected chi connectivity index (χ3v) is 13.3. The van der Waals surface area contributed by atoms with Gasteiger partial charge in [-0.05, 0) is 111 Å². The van der Waals surface area contributed by atoms with E-state index in [4.69, 9.17) is 10.5 Å². The second-order valence-corrected chi connectivity index (χ2v) is 16.6. The van der Waals surface area contributed by atoms with E-state index in [0.29, 0.717) is 29.9 Å². The zero-order chi connectivity index (χ0) is 32.0. The fourth-order valence-corrected chi connectivity index (χ4v) is 10.7. The minimum atomic E-state index is -0.534. The maximum Gasteiger partial charge on any atom is 0.237 e. The van der Waals surface area contributed by atoms with Gasteiger partial charge in [-0.15, -0.1) is 0 Å². The minimum Gasteiger partial charge on any atom is -0.378 e. The number of carbonyl (C=O) groups is 1. The number of nitrogens with one attached hydrogen (secondary N) is 2. The summed E-state index contributed by atoms with van der Waals surface area (Å²) in [5.41, 5.74) is 9.62. The molecule has 5 rings (SSSR count). The summed E-state index contributed by atoms with van der Waals surface area (Å²) in [5, 5.41) is 2.98. The summed E-state index contributed by atoms with van der Waals surface area (Å²) >= 11 is 0. The molecule has 1 aromatic rings. The number of H-pyrrole nitrogens is 1. The Morgan fingerprint density at radius 2 is 1.87 bits per heavy atom. The maximum absolute atomic E-state index is 12.2. The van der Waals surface area contributed by atoms with Crippen molar-refractivity contribution in [2.24, 2.45) is 52.1 Å². The fourth-order valence-electron chi connectivity index (χ4n) is 10.7. The Balaban J connectivity index is 1.01. The number of hydrogen-bond donors (Lipinski definition) is 3. The van der Waals surface area contributed by atoms with Crippen LogP contribution in [0.5, 0.6) is 0 Å². The van der Waals surface area contributed by atoms with Gasteiger partial charge in [0.25, 0.3) is 0 Å².